The molecular formula is C18H21ClN2O4. The van der Waals surface area contributed by atoms with Gasteiger partial charge in [-0.3, -0.25) is 14.2 Å². The molecule has 1 fully saturated rings. The number of carbonyl (C=O) groups is 1. The Morgan fingerprint density at radius 2 is 2.28 bits per heavy atom. The van der Waals surface area contributed by atoms with Crippen LogP contribution in [0.1, 0.15) is 18.4 Å². The number of methoxy groups -OCH3 is 1. The van der Waals surface area contributed by atoms with Crippen LogP contribution in [0.25, 0.3) is 10.9 Å². The molecule has 6 nitrogen and oxygen atoms in total. The van der Waals surface area contributed by atoms with Gasteiger partial charge in [0, 0.05) is 30.3 Å². The molecule has 0 spiro atoms. The van der Waals surface area contributed by atoms with E-state index in [9.17, 15) is 9.59 Å². The fourth-order valence-corrected chi connectivity index (χ4v) is 3.22. The van der Waals surface area contributed by atoms with Crippen LogP contribution < -0.4 is 10.9 Å². The smallest absolute Gasteiger partial charge is 0.325 e. The third kappa shape index (κ3) is 4.21. The summed E-state index contributed by atoms with van der Waals surface area (Å²) in [5, 5.41) is 4.63. The van der Waals surface area contributed by atoms with Crippen LogP contribution in [0.15, 0.2) is 29.1 Å². The van der Waals surface area contributed by atoms with E-state index >= 15 is 0 Å². The van der Waals surface area contributed by atoms with Crippen molar-refractivity contribution in [3.63, 3.8) is 0 Å². The number of ether oxygens (including phenoxy) is 2. The molecule has 2 heterocycles. The first-order chi connectivity index (χ1) is 12.1. The number of hydrogen-bond acceptors (Lipinski definition) is 5. The Kier molecular flexibility index (Phi) is 5.73. The summed E-state index contributed by atoms with van der Waals surface area (Å²) in [5.74, 6) is -0.479. The number of halogens is 1. The van der Waals surface area contributed by atoms with Gasteiger partial charge in [0.2, 0.25) is 0 Å². The minimum Gasteiger partial charge on any atom is -0.468 e. The summed E-state index contributed by atoms with van der Waals surface area (Å²) >= 11 is 6.05. The lowest BCUT2D eigenvalue weighted by atomic mass is 10.1. The van der Waals surface area contributed by atoms with Gasteiger partial charge in [-0.25, -0.2) is 0 Å². The number of carbonyl (C=O) groups excluding carboxylic acids is 1. The average molecular weight is 365 g/mol. The minimum absolute atomic E-state index is 0.147. The summed E-state index contributed by atoms with van der Waals surface area (Å²) in [6.07, 6.45) is 2.32. The Morgan fingerprint density at radius 3 is 3.00 bits per heavy atom. The zero-order valence-electron chi connectivity index (χ0n) is 14.1. The van der Waals surface area contributed by atoms with Crippen molar-refractivity contribution in [2.75, 3.05) is 20.3 Å². The van der Waals surface area contributed by atoms with Crippen LogP contribution in [-0.4, -0.2) is 36.9 Å². The average Bonchev–Trinajstić information content (AvgIpc) is 3.12. The highest BCUT2D eigenvalue weighted by molar-refractivity contribution is 6.31. The van der Waals surface area contributed by atoms with Crippen molar-refractivity contribution in [2.45, 2.75) is 32.0 Å². The Hall–Kier alpha value is -1.89. The summed E-state index contributed by atoms with van der Waals surface area (Å²) in [6, 6.07) is 7.13. The fraction of sp³-hybridized carbons (Fsp3) is 0.444. The van der Waals surface area contributed by atoms with Crippen LogP contribution in [0.5, 0.6) is 0 Å². The predicted molar refractivity (Wildman–Crippen MR) is 95.9 cm³/mol. The van der Waals surface area contributed by atoms with Crippen molar-refractivity contribution in [3.05, 3.63) is 45.2 Å². The van der Waals surface area contributed by atoms with Crippen molar-refractivity contribution in [3.8, 4) is 0 Å². The molecular weight excluding hydrogens is 344 g/mol. The molecule has 1 aromatic carbocycles. The van der Waals surface area contributed by atoms with Gasteiger partial charge in [0.15, 0.2) is 0 Å². The van der Waals surface area contributed by atoms with Gasteiger partial charge < -0.3 is 14.8 Å². The first kappa shape index (κ1) is 17.9. The summed E-state index contributed by atoms with van der Waals surface area (Å²) in [7, 11) is 1.30. The first-order valence-electron chi connectivity index (χ1n) is 8.29. The van der Waals surface area contributed by atoms with Crippen LogP contribution in [0, 0.1) is 0 Å². The third-order valence-electron chi connectivity index (χ3n) is 4.36. The number of rotatable bonds is 6. The maximum absolute atomic E-state index is 12.8. The number of nitrogens with zero attached hydrogens (tertiary/aromatic N) is 1. The SMILES string of the molecule is COC(=O)Cn1c(=O)c(CNCC2CCCO2)cc2ccc(Cl)cc21. The molecule has 1 N–H and O–H groups in total. The van der Waals surface area contributed by atoms with Gasteiger partial charge in [-0.2, -0.15) is 0 Å². The number of hydrogen-bond donors (Lipinski definition) is 1. The standard InChI is InChI=1S/C18H21ClN2O4/c1-24-17(22)11-21-16-8-14(19)5-4-12(16)7-13(18(21)23)9-20-10-15-3-2-6-25-15/h4-5,7-8,15,20H,2-3,6,9-11H2,1H3. The molecule has 1 unspecified atom stereocenters. The van der Waals surface area contributed by atoms with Crippen LogP contribution in [-0.2, 0) is 27.4 Å². The van der Waals surface area contributed by atoms with Gasteiger partial charge in [-0.05, 0) is 36.4 Å². The topological polar surface area (TPSA) is 69.6 Å². The molecule has 0 radical (unpaired) electrons. The van der Waals surface area contributed by atoms with E-state index in [-0.39, 0.29) is 18.2 Å². The lowest BCUT2D eigenvalue weighted by Crippen LogP contribution is -2.32. The largest absolute Gasteiger partial charge is 0.468 e. The quantitative estimate of drug-likeness (QED) is 0.795. The van der Waals surface area contributed by atoms with Crippen LogP contribution in [0.3, 0.4) is 0 Å². The molecule has 2 aromatic rings. The zero-order chi connectivity index (χ0) is 17.8. The second-order valence-corrected chi connectivity index (χ2v) is 6.54. The van der Waals surface area contributed by atoms with Crippen molar-refractivity contribution in [1.82, 2.24) is 9.88 Å². The molecule has 1 aliphatic rings. The molecule has 0 aliphatic carbocycles. The van der Waals surface area contributed by atoms with E-state index in [1.54, 1.807) is 12.1 Å². The van der Waals surface area contributed by atoms with Gasteiger partial charge in [0.25, 0.3) is 5.56 Å². The van der Waals surface area contributed by atoms with E-state index in [1.165, 1.54) is 11.7 Å². The highest BCUT2D eigenvalue weighted by Crippen LogP contribution is 2.19. The monoisotopic (exact) mass is 364 g/mol. The Bertz CT molecular complexity index is 828. The molecule has 1 atom stereocenters. The number of aromatic nitrogens is 1. The van der Waals surface area contributed by atoms with E-state index in [0.717, 1.165) is 24.8 Å². The van der Waals surface area contributed by atoms with Crippen molar-refractivity contribution < 1.29 is 14.3 Å². The van der Waals surface area contributed by atoms with Gasteiger partial charge in [-0.15, -0.1) is 0 Å². The van der Waals surface area contributed by atoms with Crippen LogP contribution in [0.4, 0.5) is 0 Å². The highest BCUT2D eigenvalue weighted by Gasteiger charge is 2.16. The van der Waals surface area contributed by atoms with Crippen molar-refractivity contribution in [2.24, 2.45) is 0 Å². The van der Waals surface area contributed by atoms with E-state index in [2.05, 4.69) is 5.32 Å². The van der Waals surface area contributed by atoms with E-state index in [1.807, 2.05) is 12.1 Å². The van der Waals surface area contributed by atoms with Crippen LogP contribution >= 0.6 is 11.6 Å². The molecule has 0 bridgehead atoms. The number of nitrogens with one attached hydrogen (secondary N) is 1. The lowest BCUT2D eigenvalue weighted by Gasteiger charge is -2.14. The molecule has 1 aliphatic heterocycles. The van der Waals surface area contributed by atoms with Gasteiger partial charge in [-0.1, -0.05) is 17.7 Å². The molecule has 1 aromatic heterocycles. The molecule has 7 heteroatoms. The lowest BCUT2D eigenvalue weighted by molar-refractivity contribution is -0.141. The third-order valence-corrected chi connectivity index (χ3v) is 4.59. The van der Waals surface area contributed by atoms with Crippen molar-refractivity contribution >= 4 is 28.5 Å². The molecule has 0 amide bonds. The molecule has 25 heavy (non-hydrogen) atoms. The van der Waals surface area contributed by atoms with Crippen LogP contribution in [0.2, 0.25) is 5.02 Å². The highest BCUT2D eigenvalue weighted by atomic mass is 35.5. The van der Waals surface area contributed by atoms with E-state index < -0.39 is 5.97 Å². The van der Waals surface area contributed by atoms with E-state index in [4.69, 9.17) is 21.1 Å². The van der Waals surface area contributed by atoms with Gasteiger partial charge in [0.05, 0.1) is 18.7 Å². The summed E-state index contributed by atoms with van der Waals surface area (Å²) in [5.41, 5.74) is 0.988. The molecule has 3 rings (SSSR count). The molecule has 0 saturated carbocycles. The Morgan fingerprint density at radius 1 is 1.44 bits per heavy atom. The summed E-state index contributed by atoms with van der Waals surface area (Å²) < 4.78 is 11.7. The van der Waals surface area contributed by atoms with Crippen molar-refractivity contribution in [1.29, 1.82) is 0 Å². The number of esters is 1. The first-order valence-corrected chi connectivity index (χ1v) is 8.67. The predicted octanol–water partition coefficient (Wildman–Crippen LogP) is 2.10. The summed E-state index contributed by atoms with van der Waals surface area (Å²) in [4.78, 5) is 24.5. The second kappa shape index (κ2) is 7.99. The number of fused-ring (bicyclic) bond motifs is 1. The minimum atomic E-state index is -0.479. The Balaban J connectivity index is 1.89. The zero-order valence-corrected chi connectivity index (χ0v) is 14.8. The molecule has 1 saturated heterocycles. The summed E-state index contributed by atoms with van der Waals surface area (Å²) in [6.45, 7) is 1.77. The van der Waals surface area contributed by atoms with E-state index in [0.29, 0.717) is 29.2 Å². The second-order valence-electron chi connectivity index (χ2n) is 6.11. The van der Waals surface area contributed by atoms with Gasteiger partial charge >= 0.3 is 5.97 Å². The number of benzene rings is 1. The fourth-order valence-electron chi connectivity index (χ4n) is 3.06. The number of pyridine rings is 1. The maximum Gasteiger partial charge on any atom is 0.325 e. The Labute approximate surface area is 150 Å². The van der Waals surface area contributed by atoms with Gasteiger partial charge in [0.1, 0.15) is 6.54 Å². The normalized spacial score (nSPS) is 17.1. The molecule has 134 valence electrons. The maximum atomic E-state index is 12.8.